The summed E-state index contributed by atoms with van der Waals surface area (Å²) in [5.41, 5.74) is 0.0343. The quantitative estimate of drug-likeness (QED) is 0.760. The molecular weight excluding hydrogens is 213 g/mol. The summed E-state index contributed by atoms with van der Waals surface area (Å²) in [5.74, 6) is -0.877. The molecule has 1 rings (SSSR count). The van der Waals surface area contributed by atoms with E-state index < -0.39 is 12.2 Å². The highest BCUT2D eigenvalue weighted by atomic mass is 19.4. The standard InChI is InChI=1S/C8H5F3N2O2/c1-14-7-5(4-12)2-3-6(13-7)15-8(9,10)11/h2-3H,1H3. The molecule has 7 heteroatoms. The highest BCUT2D eigenvalue weighted by molar-refractivity contribution is 5.40. The SMILES string of the molecule is COc1nc(OC(F)(F)F)ccc1C#N. The Hall–Kier alpha value is -1.97. The van der Waals surface area contributed by atoms with Crippen LogP contribution in [0.25, 0.3) is 0 Å². The molecule has 0 aliphatic heterocycles. The second kappa shape index (κ2) is 4.04. The van der Waals surface area contributed by atoms with Crippen molar-refractivity contribution in [3.8, 4) is 17.8 Å². The zero-order valence-corrected chi connectivity index (χ0v) is 7.50. The number of ether oxygens (including phenoxy) is 2. The Labute approximate surface area is 82.9 Å². The van der Waals surface area contributed by atoms with Gasteiger partial charge in [-0.2, -0.15) is 10.2 Å². The average Bonchev–Trinajstić information content (AvgIpc) is 2.15. The lowest BCUT2D eigenvalue weighted by Crippen LogP contribution is -2.18. The van der Waals surface area contributed by atoms with Crippen molar-refractivity contribution < 1.29 is 22.6 Å². The average molecular weight is 218 g/mol. The third-order valence-corrected chi connectivity index (χ3v) is 1.37. The van der Waals surface area contributed by atoms with Crippen molar-refractivity contribution in [2.75, 3.05) is 7.11 Å². The molecule has 15 heavy (non-hydrogen) atoms. The Balaban J connectivity index is 3.00. The maximum atomic E-state index is 11.8. The number of hydrogen-bond acceptors (Lipinski definition) is 4. The number of halogens is 3. The van der Waals surface area contributed by atoms with Crippen molar-refractivity contribution in [3.63, 3.8) is 0 Å². The van der Waals surface area contributed by atoms with Crippen LogP contribution in [0.2, 0.25) is 0 Å². The number of nitrogens with zero attached hydrogens (tertiary/aromatic N) is 2. The summed E-state index contributed by atoms with van der Waals surface area (Å²) in [5, 5.41) is 8.54. The molecule has 0 N–H and O–H groups in total. The van der Waals surface area contributed by atoms with Crippen LogP contribution in [-0.4, -0.2) is 18.5 Å². The summed E-state index contributed by atoms with van der Waals surface area (Å²) in [6.45, 7) is 0. The molecule has 4 nitrogen and oxygen atoms in total. The van der Waals surface area contributed by atoms with Gasteiger partial charge in [0.2, 0.25) is 11.8 Å². The molecule has 0 aromatic carbocycles. The van der Waals surface area contributed by atoms with E-state index in [-0.39, 0.29) is 11.4 Å². The predicted octanol–water partition coefficient (Wildman–Crippen LogP) is 1.86. The van der Waals surface area contributed by atoms with Crippen LogP contribution in [0, 0.1) is 11.3 Å². The number of aromatic nitrogens is 1. The monoisotopic (exact) mass is 218 g/mol. The number of hydrogen-bond donors (Lipinski definition) is 0. The number of methoxy groups -OCH3 is 1. The first-order chi connectivity index (χ1) is 6.96. The smallest absolute Gasteiger partial charge is 0.480 e. The number of rotatable bonds is 2. The molecule has 0 spiro atoms. The van der Waals surface area contributed by atoms with Gasteiger partial charge in [-0.15, -0.1) is 13.2 Å². The van der Waals surface area contributed by atoms with Crippen LogP contribution in [0.15, 0.2) is 12.1 Å². The van der Waals surface area contributed by atoms with Gasteiger partial charge < -0.3 is 9.47 Å². The van der Waals surface area contributed by atoms with Gasteiger partial charge in [0.15, 0.2) is 0 Å². The highest BCUT2D eigenvalue weighted by Gasteiger charge is 2.32. The third kappa shape index (κ3) is 3.02. The Morgan fingerprint density at radius 2 is 2.07 bits per heavy atom. The van der Waals surface area contributed by atoms with Crippen LogP contribution >= 0.6 is 0 Å². The molecule has 0 saturated heterocycles. The summed E-state index contributed by atoms with van der Waals surface area (Å²) in [6.07, 6.45) is -4.81. The fraction of sp³-hybridized carbons (Fsp3) is 0.250. The Morgan fingerprint density at radius 1 is 1.40 bits per heavy atom. The lowest BCUT2D eigenvalue weighted by atomic mass is 10.3. The lowest BCUT2D eigenvalue weighted by molar-refractivity contribution is -0.276. The normalized spacial score (nSPS) is 10.6. The van der Waals surface area contributed by atoms with Crippen molar-refractivity contribution in [3.05, 3.63) is 17.7 Å². The van der Waals surface area contributed by atoms with Gasteiger partial charge in [-0.1, -0.05) is 0 Å². The van der Waals surface area contributed by atoms with E-state index in [1.165, 1.54) is 7.11 Å². The van der Waals surface area contributed by atoms with Crippen molar-refractivity contribution in [1.29, 1.82) is 5.26 Å². The molecule has 0 aliphatic carbocycles. The second-order valence-electron chi connectivity index (χ2n) is 2.37. The van der Waals surface area contributed by atoms with Gasteiger partial charge >= 0.3 is 6.36 Å². The summed E-state index contributed by atoms with van der Waals surface area (Å²) in [6, 6.07) is 3.78. The first-order valence-corrected chi connectivity index (χ1v) is 3.67. The van der Waals surface area contributed by atoms with Gasteiger partial charge in [0.1, 0.15) is 11.6 Å². The zero-order chi connectivity index (χ0) is 11.5. The maximum Gasteiger partial charge on any atom is 0.574 e. The summed E-state index contributed by atoms with van der Waals surface area (Å²) < 4.78 is 43.5. The molecule has 80 valence electrons. The van der Waals surface area contributed by atoms with Crippen LogP contribution in [0.1, 0.15) is 5.56 Å². The molecule has 0 saturated carbocycles. The van der Waals surface area contributed by atoms with Crippen LogP contribution in [-0.2, 0) is 0 Å². The van der Waals surface area contributed by atoms with Crippen LogP contribution in [0.3, 0.4) is 0 Å². The number of nitriles is 1. The van der Waals surface area contributed by atoms with Gasteiger partial charge in [-0.25, -0.2) is 0 Å². The molecule has 0 aliphatic rings. The fourth-order valence-electron chi connectivity index (χ4n) is 0.840. The fourth-order valence-corrected chi connectivity index (χ4v) is 0.840. The molecule has 0 radical (unpaired) electrons. The third-order valence-electron chi connectivity index (χ3n) is 1.37. The first kappa shape index (κ1) is 11.1. The van der Waals surface area contributed by atoms with Crippen LogP contribution < -0.4 is 9.47 Å². The second-order valence-corrected chi connectivity index (χ2v) is 2.37. The molecule has 0 bridgehead atoms. The summed E-state index contributed by atoms with van der Waals surface area (Å²) in [7, 11) is 1.19. The van der Waals surface area contributed by atoms with Gasteiger partial charge in [-0.3, -0.25) is 0 Å². The molecule has 0 fully saturated rings. The van der Waals surface area contributed by atoms with Gasteiger partial charge in [-0.05, 0) is 6.07 Å². The van der Waals surface area contributed by atoms with E-state index in [4.69, 9.17) is 5.26 Å². The minimum absolute atomic E-state index is 0.0343. The van der Waals surface area contributed by atoms with Crippen molar-refractivity contribution >= 4 is 0 Å². The summed E-state index contributed by atoms with van der Waals surface area (Å²) >= 11 is 0. The van der Waals surface area contributed by atoms with Gasteiger partial charge in [0, 0.05) is 6.07 Å². The zero-order valence-electron chi connectivity index (χ0n) is 7.50. The van der Waals surface area contributed by atoms with E-state index in [1.807, 2.05) is 0 Å². The molecule has 1 aromatic rings. The van der Waals surface area contributed by atoms with E-state index in [1.54, 1.807) is 6.07 Å². The highest BCUT2D eigenvalue weighted by Crippen LogP contribution is 2.24. The largest absolute Gasteiger partial charge is 0.574 e. The van der Waals surface area contributed by atoms with E-state index in [0.717, 1.165) is 12.1 Å². The molecule has 1 aromatic heterocycles. The van der Waals surface area contributed by atoms with Crippen molar-refractivity contribution in [1.82, 2.24) is 4.98 Å². The van der Waals surface area contributed by atoms with E-state index in [0.29, 0.717) is 0 Å². The minimum Gasteiger partial charge on any atom is -0.480 e. The maximum absolute atomic E-state index is 11.8. The molecule has 0 unspecified atom stereocenters. The van der Waals surface area contributed by atoms with Crippen LogP contribution in [0.4, 0.5) is 13.2 Å². The predicted molar refractivity (Wildman–Crippen MR) is 42.2 cm³/mol. The molecule has 0 atom stereocenters. The Kier molecular flexibility index (Phi) is 2.99. The van der Waals surface area contributed by atoms with Crippen molar-refractivity contribution in [2.24, 2.45) is 0 Å². The van der Waals surface area contributed by atoms with E-state index in [2.05, 4.69) is 14.5 Å². The van der Waals surface area contributed by atoms with Crippen LogP contribution in [0.5, 0.6) is 11.8 Å². The van der Waals surface area contributed by atoms with Crippen molar-refractivity contribution in [2.45, 2.75) is 6.36 Å². The first-order valence-electron chi connectivity index (χ1n) is 3.67. The Bertz CT molecular complexity index is 398. The molecule has 1 heterocycles. The molecular formula is C8H5F3N2O2. The number of alkyl halides is 3. The molecule has 0 amide bonds. The lowest BCUT2D eigenvalue weighted by Gasteiger charge is -2.08. The minimum atomic E-state index is -4.81. The van der Waals surface area contributed by atoms with E-state index >= 15 is 0 Å². The number of pyridine rings is 1. The van der Waals surface area contributed by atoms with E-state index in [9.17, 15) is 13.2 Å². The Morgan fingerprint density at radius 3 is 2.53 bits per heavy atom. The van der Waals surface area contributed by atoms with Gasteiger partial charge in [0.05, 0.1) is 7.11 Å². The topological polar surface area (TPSA) is 55.1 Å². The van der Waals surface area contributed by atoms with Gasteiger partial charge in [0.25, 0.3) is 0 Å². The summed E-state index contributed by atoms with van der Waals surface area (Å²) in [4.78, 5) is 3.36.